The minimum absolute atomic E-state index is 0.0884. The second-order valence-electron chi connectivity index (χ2n) is 4.77. The Bertz CT molecular complexity index is 776. The lowest BCUT2D eigenvalue weighted by atomic mass is 10.3. The molecular formula is C15H13Cl3O4S. The smallest absolute Gasteiger partial charge is 0.181 e. The number of ether oxygens (including phenoxy) is 1. The van der Waals surface area contributed by atoms with Gasteiger partial charge in [0, 0.05) is 10.0 Å². The first kappa shape index (κ1) is 18.4. The van der Waals surface area contributed by atoms with Crippen molar-refractivity contribution in [3.63, 3.8) is 0 Å². The molecular weight excluding hydrogens is 383 g/mol. The van der Waals surface area contributed by atoms with Crippen molar-refractivity contribution in [2.75, 3.05) is 12.4 Å². The fourth-order valence-electron chi connectivity index (χ4n) is 1.82. The topological polar surface area (TPSA) is 63.6 Å². The number of sulfone groups is 1. The zero-order valence-corrected chi connectivity index (χ0v) is 14.8. The molecule has 0 saturated carbocycles. The van der Waals surface area contributed by atoms with E-state index in [0.717, 1.165) is 0 Å². The van der Waals surface area contributed by atoms with Gasteiger partial charge in [-0.1, -0.05) is 34.8 Å². The highest BCUT2D eigenvalue weighted by Crippen LogP contribution is 2.27. The normalized spacial score (nSPS) is 12.9. The summed E-state index contributed by atoms with van der Waals surface area (Å²) in [5.74, 6) is -0.154. The highest BCUT2D eigenvalue weighted by molar-refractivity contribution is 7.91. The average Bonchev–Trinajstić information content (AvgIpc) is 2.46. The zero-order chi connectivity index (χ0) is 17.0. The van der Waals surface area contributed by atoms with E-state index < -0.39 is 21.7 Å². The second-order valence-corrected chi connectivity index (χ2v) is 8.09. The standard InChI is InChI=1S/C15H13Cl3O4S/c16-10-1-4-13(5-2-10)23(20,21)9-12(19)8-22-15-6-3-11(17)7-14(15)18/h1-7,12,19H,8-9H2/t12-/m1/s1. The Morgan fingerprint density at radius 2 is 1.61 bits per heavy atom. The summed E-state index contributed by atoms with van der Waals surface area (Å²) in [6, 6.07) is 10.4. The van der Waals surface area contributed by atoms with Gasteiger partial charge in [-0.25, -0.2) is 8.42 Å². The van der Waals surface area contributed by atoms with Crippen LogP contribution < -0.4 is 4.74 Å². The molecule has 2 aromatic rings. The van der Waals surface area contributed by atoms with E-state index >= 15 is 0 Å². The lowest BCUT2D eigenvalue weighted by molar-refractivity contribution is 0.125. The van der Waals surface area contributed by atoms with Crippen LogP contribution in [0.1, 0.15) is 0 Å². The molecule has 0 aliphatic heterocycles. The minimum atomic E-state index is -3.64. The first-order chi connectivity index (χ1) is 10.8. The molecule has 0 radical (unpaired) electrons. The van der Waals surface area contributed by atoms with Crippen molar-refractivity contribution in [1.29, 1.82) is 0 Å². The van der Waals surface area contributed by atoms with Gasteiger partial charge in [0.25, 0.3) is 0 Å². The van der Waals surface area contributed by atoms with E-state index in [0.29, 0.717) is 15.8 Å². The monoisotopic (exact) mass is 394 g/mol. The van der Waals surface area contributed by atoms with Crippen LogP contribution >= 0.6 is 34.8 Å². The molecule has 23 heavy (non-hydrogen) atoms. The van der Waals surface area contributed by atoms with E-state index in [9.17, 15) is 13.5 Å². The summed E-state index contributed by atoms with van der Waals surface area (Å²) in [7, 11) is -3.64. The summed E-state index contributed by atoms with van der Waals surface area (Å²) in [6.45, 7) is -0.214. The molecule has 0 saturated heterocycles. The summed E-state index contributed by atoms with van der Waals surface area (Å²) < 4.78 is 29.7. The lowest BCUT2D eigenvalue weighted by Gasteiger charge is -2.14. The molecule has 0 heterocycles. The SMILES string of the molecule is O=S(=O)(C[C@H](O)COc1ccc(Cl)cc1Cl)c1ccc(Cl)cc1. The number of benzene rings is 2. The maximum atomic E-state index is 12.2. The van der Waals surface area contributed by atoms with Gasteiger partial charge in [-0.2, -0.15) is 0 Å². The van der Waals surface area contributed by atoms with Crippen LogP contribution in [0.3, 0.4) is 0 Å². The maximum Gasteiger partial charge on any atom is 0.181 e. The molecule has 0 unspecified atom stereocenters. The minimum Gasteiger partial charge on any atom is -0.489 e. The van der Waals surface area contributed by atoms with E-state index in [-0.39, 0.29) is 16.5 Å². The molecule has 2 rings (SSSR count). The summed E-state index contributed by atoms with van der Waals surface area (Å²) >= 11 is 17.4. The van der Waals surface area contributed by atoms with Crippen LogP contribution in [-0.4, -0.2) is 32.0 Å². The molecule has 124 valence electrons. The Morgan fingerprint density at radius 1 is 1.00 bits per heavy atom. The molecule has 0 spiro atoms. The average molecular weight is 396 g/mol. The van der Waals surface area contributed by atoms with Gasteiger partial charge in [0.1, 0.15) is 18.5 Å². The van der Waals surface area contributed by atoms with Crippen molar-refractivity contribution in [3.8, 4) is 5.75 Å². The molecule has 0 aliphatic rings. The Labute approximate surface area is 149 Å². The van der Waals surface area contributed by atoms with Crippen molar-refractivity contribution in [2.24, 2.45) is 0 Å². The van der Waals surface area contributed by atoms with E-state index in [1.807, 2.05) is 0 Å². The Kier molecular flexibility index (Phi) is 6.17. The van der Waals surface area contributed by atoms with Crippen LogP contribution in [0.2, 0.25) is 15.1 Å². The molecule has 1 N–H and O–H groups in total. The van der Waals surface area contributed by atoms with E-state index in [2.05, 4.69) is 0 Å². The van der Waals surface area contributed by atoms with E-state index in [1.54, 1.807) is 12.1 Å². The summed E-state index contributed by atoms with van der Waals surface area (Å²) in [4.78, 5) is 0.0884. The van der Waals surface area contributed by atoms with Crippen molar-refractivity contribution >= 4 is 44.6 Å². The number of rotatable bonds is 6. The molecule has 0 bridgehead atoms. The third-order valence-electron chi connectivity index (χ3n) is 2.91. The number of hydrogen-bond donors (Lipinski definition) is 1. The van der Waals surface area contributed by atoms with Crippen LogP contribution in [0.25, 0.3) is 0 Å². The van der Waals surface area contributed by atoms with Crippen molar-refractivity contribution in [2.45, 2.75) is 11.0 Å². The zero-order valence-electron chi connectivity index (χ0n) is 11.7. The summed E-state index contributed by atoms with van der Waals surface area (Å²) in [5.41, 5.74) is 0. The van der Waals surface area contributed by atoms with Gasteiger partial charge in [0.2, 0.25) is 0 Å². The fraction of sp³-hybridized carbons (Fsp3) is 0.200. The van der Waals surface area contributed by atoms with Gasteiger partial charge in [0.15, 0.2) is 9.84 Å². The van der Waals surface area contributed by atoms with Crippen LogP contribution in [0.15, 0.2) is 47.4 Å². The molecule has 0 aromatic heterocycles. The second kappa shape index (κ2) is 7.73. The molecule has 0 aliphatic carbocycles. The van der Waals surface area contributed by atoms with E-state index in [1.165, 1.54) is 30.3 Å². The van der Waals surface area contributed by atoms with Crippen molar-refractivity contribution in [3.05, 3.63) is 57.5 Å². The van der Waals surface area contributed by atoms with Gasteiger partial charge in [-0.05, 0) is 42.5 Å². The highest BCUT2D eigenvalue weighted by atomic mass is 35.5. The lowest BCUT2D eigenvalue weighted by Crippen LogP contribution is -2.27. The molecule has 1 atom stereocenters. The molecule has 4 nitrogen and oxygen atoms in total. The van der Waals surface area contributed by atoms with Gasteiger partial charge in [-0.15, -0.1) is 0 Å². The van der Waals surface area contributed by atoms with Gasteiger partial charge >= 0.3 is 0 Å². The van der Waals surface area contributed by atoms with Crippen molar-refractivity contribution in [1.82, 2.24) is 0 Å². The number of hydrogen-bond acceptors (Lipinski definition) is 4. The number of aliphatic hydroxyl groups excluding tert-OH is 1. The quantitative estimate of drug-likeness (QED) is 0.806. The maximum absolute atomic E-state index is 12.2. The van der Waals surface area contributed by atoms with Crippen LogP contribution in [0.5, 0.6) is 5.75 Å². The van der Waals surface area contributed by atoms with Crippen LogP contribution in [-0.2, 0) is 9.84 Å². The predicted octanol–water partition coefficient (Wildman–Crippen LogP) is 3.86. The molecule has 2 aromatic carbocycles. The largest absolute Gasteiger partial charge is 0.489 e. The number of aliphatic hydroxyl groups is 1. The van der Waals surface area contributed by atoms with E-state index in [4.69, 9.17) is 39.5 Å². The Morgan fingerprint density at radius 3 is 2.22 bits per heavy atom. The first-order valence-corrected chi connectivity index (χ1v) is 9.31. The number of halogens is 3. The third kappa shape index (κ3) is 5.26. The summed E-state index contributed by atoms with van der Waals surface area (Å²) in [6.07, 6.45) is -1.21. The predicted molar refractivity (Wildman–Crippen MR) is 91.5 cm³/mol. The van der Waals surface area contributed by atoms with Crippen LogP contribution in [0, 0.1) is 0 Å². The van der Waals surface area contributed by atoms with Crippen molar-refractivity contribution < 1.29 is 18.3 Å². The molecule has 0 amide bonds. The Balaban J connectivity index is 1.98. The molecule has 0 fully saturated rings. The van der Waals surface area contributed by atoms with Gasteiger partial charge in [0.05, 0.1) is 15.7 Å². The fourth-order valence-corrected chi connectivity index (χ4v) is 3.75. The third-order valence-corrected chi connectivity index (χ3v) is 5.51. The first-order valence-electron chi connectivity index (χ1n) is 6.52. The van der Waals surface area contributed by atoms with Gasteiger partial charge < -0.3 is 9.84 Å². The highest BCUT2D eigenvalue weighted by Gasteiger charge is 2.20. The van der Waals surface area contributed by atoms with Gasteiger partial charge in [-0.3, -0.25) is 0 Å². The molecule has 8 heteroatoms. The van der Waals surface area contributed by atoms with Crippen LogP contribution in [0.4, 0.5) is 0 Å². The Hall–Kier alpha value is -0.980. The summed E-state index contributed by atoms with van der Waals surface area (Å²) in [5, 5.41) is 11.1.